The third kappa shape index (κ3) is 2.42. The second-order valence-electron chi connectivity index (χ2n) is 8.11. The van der Waals surface area contributed by atoms with E-state index in [-0.39, 0.29) is 12.6 Å². The van der Waals surface area contributed by atoms with Crippen LogP contribution in [0.2, 0.25) is 0 Å². The average molecular weight is 279 g/mol. The Bertz CT molecular complexity index is 322. The maximum atomic E-state index is 9.50. The topological polar surface area (TPSA) is 32.7 Å². The van der Waals surface area contributed by atoms with Gasteiger partial charge in [0.2, 0.25) is 0 Å². The quantitative estimate of drug-likeness (QED) is 0.857. The molecule has 20 heavy (non-hydrogen) atoms. The van der Waals surface area contributed by atoms with Crippen molar-refractivity contribution in [2.24, 2.45) is 23.2 Å². The van der Waals surface area contributed by atoms with Crippen LogP contribution in [0.25, 0.3) is 0 Å². The summed E-state index contributed by atoms with van der Waals surface area (Å²) in [5, 5.41) is 9.50. The lowest BCUT2D eigenvalue weighted by Gasteiger charge is -2.57. The number of hydrogen-bond donors (Lipinski definition) is 1. The molecule has 1 aliphatic heterocycles. The van der Waals surface area contributed by atoms with E-state index in [1.54, 1.807) is 0 Å². The molecule has 3 nitrogen and oxygen atoms in total. The lowest BCUT2D eigenvalue weighted by Crippen LogP contribution is -2.51. The molecular formula is C17H29NO2. The summed E-state index contributed by atoms with van der Waals surface area (Å²) in [5.41, 5.74) is 0.674. The zero-order chi connectivity index (χ0) is 13.6. The molecule has 0 aromatic heterocycles. The minimum absolute atomic E-state index is 0.248. The Balaban J connectivity index is 1.39. The molecule has 0 amide bonds. The molecule has 3 heteroatoms. The number of morpholine rings is 1. The van der Waals surface area contributed by atoms with Crippen LogP contribution in [0.15, 0.2) is 0 Å². The summed E-state index contributed by atoms with van der Waals surface area (Å²) in [5.74, 6) is 3.17. The van der Waals surface area contributed by atoms with E-state index in [0.29, 0.717) is 5.41 Å². The van der Waals surface area contributed by atoms with Gasteiger partial charge in [0.05, 0.1) is 25.9 Å². The van der Waals surface area contributed by atoms with Gasteiger partial charge in [0.15, 0.2) is 0 Å². The highest BCUT2D eigenvalue weighted by Gasteiger charge is 2.50. The summed E-state index contributed by atoms with van der Waals surface area (Å²) < 4.78 is 5.50. The molecule has 4 bridgehead atoms. The molecule has 114 valence electrons. The Morgan fingerprint density at radius 2 is 1.70 bits per heavy atom. The fourth-order valence-electron chi connectivity index (χ4n) is 6.13. The summed E-state index contributed by atoms with van der Waals surface area (Å²) >= 11 is 0. The molecule has 4 saturated carbocycles. The van der Waals surface area contributed by atoms with Gasteiger partial charge in [-0.05, 0) is 74.7 Å². The van der Waals surface area contributed by atoms with Crippen molar-refractivity contribution in [3.8, 4) is 0 Å². The first-order valence-electron chi connectivity index (χ1n) is 8.69. The van der Waals surface area contributed by atoms with Crippen LogP contribution in [0, 0.1) is 23.2 Å². The van der Waals surface area contributed by atoms with Crippen molar-refractivity contribution in [1.29, 1.82) is 0 Å². The zero-order valence-electron chi connectivity index (χ0n) is 12.6. The smallest absolute Gasteiger partial charge is 0.0644 e. The van der Waals surface area contributed by atoms with Gasteiger partial charge in [-0.2, -0.15) is 0 Å². The number of nitrogens with zero attached hydrogens (tertiary/aromatic N) is 1. The third-order valence-corrected chi connectivity index (χ3v) is 6.65. The Kier molecular flexibility index (Phi) is 3.56. The second-order valence-corrected chi connectivity index (χ2v) is 8.11. The first-order valence-corrected chi connectivity index (χ1v) is 8.69. The van der Waals surface area contributed by atoms with Crippen LogP contribution in [-0.2, 0) is 4.74 Å². The first kappa shape index (κ1) is 13.5. The van der Waals surface area contributed by atoms with Crippen LogP contribution in [0.3, 0.4) is 0 Å². The molecule has 5 rings (SSSR count). The van der Waals surface area contributed by atoms with Crippen molar-refractivity contribution in [1.82, 2.24) is 4.90 Å². The van der Waals surface area contributed by atoms with Crippen molar-refractivity contribution in [2.75, 3.05) is 32.9 Å². The van der Waals surface area contributed by atoms with Crippen LogP contribution in [-0.4, -0.2) is 49.0 Å². The molecule has 0 spiro atoms. The van der Waals surface area contributed by atoms with Gasteiger partial charge in [0, 0.05) is 6.54 Å². The van der Waals surface area contributed by atoms with E-state index < -0.39 is 0 Å². The van der Waals surface area contributed by atoms with Gasteiger partial charge in [-0.1, -0.05) is 0 Å². The van der Waals surface area contributed by atoms with Crippen LogP contribution >= 0.6 is 0 Å². The molecule has 1 N–H and O–H groups in total. The van der Waals surface area contributed by atoms with E-state index in [0.717, 1.165) is 37.5 Å². The standard InChI is InChI=1S/C17H29NO2/c19-11-16-12-20-4-3-18(16)2-1-17-8-13-5-14(9-17)7-15(6-13)10-17/h13-16,19H,1-12H2. The molecule has 5 aliphatic rings. The Morgan fingerprint density at radius 1 is 1.05 bits per heavy atom. The van der Waals surface area contributed by atoms with E-state index in [1.165, 1.54) is 51.5 Å². The summed E-state index contributed by atoms with van der Waals surface area (Å²) in [6.07, 6.45) is 10.5. The van der Waals surface area contributed by atoms with E-state index in [2.05, 4.69) is 4.90 Å². The molecule has 0 aromatic rings. The first-order chi connectivity index (χ1) is 9.76. The van der Waals surface area contributed by atoms with Gasteiger partial charge < -0.3 is 9.84 Å². The van der Waals surface area contributed by atoms with Gasteiger partial charge in [-0.25, -0.2) is 0 Å². The van der Waals surface area contributed by atoms with Crippen LogP contribution in [0.4, 0.5) is 0 Å². The maximum absolute atomic E-state index is 9.50. The lowest BCUT2D eigenvalue weighted by molar-refractivity contribution is -0.0745. The Labute approximate surface area is 122 Å². The van der Waals surface area contributed by atoms with Gasteiger partial charge in [-0.3, -0.25) is 4.90 Å². The Morgan fingerprint density at radius 3 is 2.30 bits per heavy atom. The highest BCUT2D eigenvalue weighted by molar-refractivity contribution is 5.01. The van der Waals surface area contributed by atoms with Crippen LogP contribution in [0.1, 0.15) is 44.9 Å². The second kappa shape index (κ2) is 5.26. The third-order valence-electron chi connectivity index (χ3n) is 6.65. The highest BCUT2D eigenvalue weighted by Crippen LogP contribution is 2.61. The average Bonchev–Trinajstić information content (AvgIpc) is 2.44. The summed E-state index contributed by atoms with van der Waals surface area (Å²) in [4.78, 5) is 2.49. The van der Waals surface area contributed by atoms with Crippen molar-refractivity contribution in [2.45, 2.75) is 51.0 Å². The maximum Gasteiger partial charge on any atom is 0.0644 e. The van der Waals surface area contributed by atoms with E-state index in [1.807, 2.05) is 0 Å². The van der Waals surface area contributed by atoms with E-state index in [9.17, 15) is 5.11 Å². The van der Waals surface area contributed by atoms with E-state index >= 15 is 0 Å². The van der Waals surface area contributed by atoms with E-state index in [4.69, 9.17) is 4.74 Å². The fraction of sp³-hybridized carbons (Fsp3) is 1.00. The molecule has 1 unspecified atom stereocenters. The highest BCUT2D eigenvalue weighted by atomic mass is 16.5. The fourth-order valence-corrected chi connectivity index (χ4v) is 6.13. The monoisotopic (exact) mass is 279 g/mol. The van der Waals surface area contributed by atoms with Gasteiger partial charge >= 0.3 is 0 Å². The largest absolute Gasteiger partial charge is 0.395 e. The number of rotatable bonds is 4. The summed E-state index contributed by atoms with van der Waals surface area (Å²) in [6, 6.07) is 0.248. The molecule has 1 saturated heterocycles. The molecular weight excluding hydrogens is 250 g/mol. The van der Waals surface area contributed by atoms with Gasteiger partial charge in [0.25, 0.3) is 0 Å². The van der Waals surface area contributed by atoms with Gasteiger partial charge in [-0.15, -0.1) is 0 Å². The number of ether oxygens (including phenoxy) is 1. The minimum atomic E-state index is 0.248. The molecule has 0 aromatic carbocycles. The van der Waals surface area contributed by atoms with Crippen LogP contribution in [0.5, 0.6) is 0 Å². The molecule has 0 radical (unpaired) electrons. The normalized spacial score (nSPS) is 47.9. The lowest BCUT2D eigenvalue weighted by atomic mass is 9.49. The van der Waals surface area contributed by atoms with Gasteiger partial charge in [0.1, 0.15) is 0 Å². The van der Waals surface area contributed by atoms with Crippen molar-refractivity contribution < 1.29 is 9.84 Å². The minimum Gasteiger partial charge on any atom is -0.395 e. The SMILES string of the molecule is OCC1COCCN1CCC12CC3CC(CC(C3)C1)C2. The summed E-state index contributed by atoms with van der Waals surface area (Å²) in [6.45, 7) is 4.01. The molecule has 1 heterocycles. The Hall–Kier alpha value is -0.120. The number of hydrogen-bond acceptors (Lipinski definition) is 3. The molecule has 1 atom stereocenters. The van der Waals surface area contributed by atoms with Crippen LogP contribution < -0.4 is 0 Å². The number of aliphatic hydroxyl groups is 1. The van der Waals surface area contributed by atoms with Crippen molar-refractivity contribution in [3.05, 3.63) is 0 Å². The summed E-state index contributed by atoms with van der Waals surface area (Å²) in [7, 11) is 0. The molecule has 4 aliphatic carbocycles. The predicted octanol–water partition coefficient (Wildman–Crippen LogP) is 2.29. The van der Waals surface area contributed by atoms with Crippen molar-refractivity contribution in [3.63, 3.8) is 0 Å². The van der Waals surface area contributed by atoms with Crippen molar-refractivity contribution >= 4 is 0 Å². The number of aliphatic hydroxyl groups excluding tert-OH is 1. The zero-order valence-corrected chi connectivity index (χ0v) is 12.6. The molecule has 5 fully saturated rings. The predicted molar refractivity (Wildman–Crippen MR) is 78.5 cm³/mol.